The van der Waals surface area contributed by atoms with Gasteiger partial charge < -0.3 is 4.74 Å². The Morgan fingerprint density at radius 3 is 2.57 bits per heavy atom. The SMILES string of the molecule is CC(=O)c1cccc(OCc2cccc3ccccc23)c1. The van der Waals surface area contributed by atoms with Crippen LogP contribution in [-0.2, 0) is 6.61 Å². The lowest BCUT2D eigenvalue weighted by Gasteiger charge is -2.09. The van der Waals surface area contributed by atoms with Crippen molar-refractivity contribution >= 4 is 16.6 Å². The molecule has 104 valence electrons. The zero-order chi connectivity index (χ0) is 14.7. The quantitative estimate of drug-likeness (QED) is 0.650. The lowest BCUT2D eigenvalue weighted by Crippen LogP contribution is -1.98. The van der Waals surface area contributed by atoms with Crippen LogP contribution in [0.25, 0.3) is 10.8 Å². The van der Waals surface area contributed by atoms with E-state index in [9.17, 15) is 4.79 Å². The second kappa shape index (κ2) is 5.80. The predicted octanol–water partition coefficient (Wildman–Crippen LogP) is 4.62. The third kappa shape index (κ3) is 2.95. The minimum atomic E-state index is 0.0469. The number of ether oxygens (including phenoxy) is 1. The van der Waals surface area contributed by atoms with E-state index in [4.69, 9.17) is 4.74 Å². The van der Waals surface area contributed by atoms with Crippen LogP contribution in [0.5, 0.6) is 5.75 Å². The number of ketones is 1. The molecular weight excluding hydrogens is 260 g/mol. The van der Waals surface area contributed by atoms with Crippen LogP contribution in [0, 0.1) is 0 Å². The van der Waals surface area contributed by atoms with Gasteiger partial charge in [-0.25, -0.2) is 0 Å². The topological polar surface area (TPSA) is 26.3 Å². The molecule has 0 saturated carbocycles. The van der Waals surface area contributed by atoms with E-state index >= 15 is 0 Å². The molecule has 0 aliphatic rings. The largest absolute Gasteiger partial charge is 0.489 e. The van der Waals surface area contributed by atoms with Crippen LogP contribution in [0.2, 0.25) is 0 Å². The van der Waals surface area contributed by atoms with Gasteiger partial charge in [0.1, 0.15) is 12.4 Å². The molecule has 0 aliphatic heterocycles. The number of benzene rings is 3. The zero-order valence-corrected chi connectivity index (χ0v) is 11.9. The molecule has 3 rings (SSSR count). The van der Waals surface area contributed by atoms with Crippen molar-refractivity contribution in [2.75, 3.05) is 0 Å². The molecule has 0 aromatic heterocycles. The monoisotopic (exact) mass is 276 g/mol. The summed E-state index contributed by atoms with van der Waals surface area (Å²) in [4.78, 5) is 11.4. The minimum absolute atomic E-state index is 0.0469. The molecule has 2 nitrogen and oxygen atoms in total. The van der Waals surface area contributed by atoms with Crippen molar-refractivity contribution < 1.29 is 9.53 Å². The van der Waals surface area contributed by atoms with Crippen molar-refractivity contribution in [3.8, 4) is 5.75 Å². The summed E-state index contributed by atoms with van der Waals surface area (Å²) >= 11 is 0. The van der Waals surface area contributed by atoms with E-state index in [1.807, 2.05) is 30.3 Å². The van der Waals surface area contributed by atoms with Gasteiger partial charge in [-0.05, 0) is 35.4 Å². The number of fused-ring (bicyclic) bond motifs is 1. The molecule has 0 unspecified atom stereocenters. The molecule has 0 saturated heterocycles. The summed E-state index contributed by atoms with van der Waals surface area (Å²) in [7, 11) is 0. The van der Waals surface area contributed by atoms with Gasteiger partial charge in [0.05, 0.1) is 0 Å². The molecule has 21 heavy (non-hydrogen) atoms. The van der Waals surface area contributed by atoms with Gasteiger partial charge >= 0.3 is 0 Å². The van der Waals surface area contributed by atoms with Crippen LogP contribution < -0.4 is 4.74 Å². The standard InChI is InChI=1S/C19H16O2/c1-14(20)16-8-5-10-18(12-16)21-13-17-9-4-7-15-6-2-3-11-19(15)17/h2-12H,13H2,1H3. The minimum Gasteiger partial charge on any atom is -0.489 e. The predicted molar refractivity (Wildman–Crippen MR) is 84.7 cm³/mol. The molecule has 3 aromatic rings. The van der Waals surface area contributed by atoms with E-state index in [2.05, 4.69) is 24.3 Å². The Morgan fingerprint density at radius 1 is 0.952 bits per heavy atom. The van der Waals surface area contributed by atoms with Crippen LogP contribution in [0.15, 0.2) is 66.7 Å². The number of hydrogen-bond donors (Lipinski definition) is 0. The van der Waals surface area contributed by atoms with E-state index in [1.54, 1.807) is 19.1 Å². The average Bonchev–Trinajstić information content (AvgIpc) is 2.53. The molecule has 0 aliphatic carbocycles. The molecule has 0 amide bonds. The highest BCUT2D eigenvalue weighted by Crippen LogP contribution is 2.21. The maximum atomic E-state index is 11.4. The van der Waals surface area contributed by atoms with Crippen LogP contribution in [-0.4, -0.2) is 5.78 Å². The summed E-state index contributed by atoms with van der Waals surface area (Å²) in [6, 6.07) is 21.7. The normalized spacial score (nSPS) is 10.5. The number of carbonyl (C=O) groups is 1. The van der Waals surface area contributed by atoms with E-state index in [-0.39, 0.29) is 5.78 Å². The molecule has 0 radical (unpaired) electrons. The lowest BCUT2D eigenvalue weighted by atomic mass is 10.1. The second-order valence-electron chi connectivity index (χ2n) is 5.01. The molecule has 0 bridgehead atoms. The first-order chi connectivity index (χ1) is 10.2. The summed E-state index contributed by atoms with van der Waals surface area (Å²) in [6.45, 7) is 2.05. The fraction of sp³-hybridized carbons (Fsp3) is 0.105. The third-order valence-corrected chi connectivity index (χ3v) is 3.51. The maximum Gasteiger partial charge on any atom is 0.159 e. The molecule has 0 fully saturated rings. The summed E-state index contributed by atoms with van der Waals surface area (Å²) < 4.78 is 5.84. The lowest BCUT2D eigenvalue weighted by molar-refractivity contribution is 0.101. The van der Waals surface area contributed by atoms with Crippen LogP contribution in [0.3, 0.4) is 0 Å². The molecule has 0 spiro atoms. The Labute approximate surface area is 124 Å². The molecule has 2 heteroatoms. The van der Waals surface area contributed by atoms with Crippen molar-refractivity contribution in [1.82, 2.24) is 0 Å². The van der Waals surface area contributed by atoms with E-state index in [1.165, 1.54) is 10.8 Å². The summed E-state index contributed by atoms with van der Waals surface area (Å²) in [5.74, 6) is 0.765. The van der Waals surface area contributed by atoms with Gasteiger partial charge in [-0.1, -0.05) is 54.6 Å². The highest BCUT2D eigenvalue weighted by Gasteiger charge is 2.04. The molecule has 0 N–H and O–H groups in total. The van der Waals surface area contributed by atoms with Crippen LogP contribution in [0.1, 0.15) is 22.8 Å². The van der Waals surface area contributed by atoms with E-state index in [0.29, 0.717) is 12.2 Å². The van der Waals surface area contributed by atoms with Gasteiger partial charge in [-0.3, -0.25) is 4.79 Å². The first-order valence-electron chi connectivity index (χ1n) is 6.94. The van der Waals surface area contributed by atoms with Crippen molar-refractivity contribution in [2.24, 2.45) is 0 Å². The highest BCUT2D eigenvalue weighted by molar-refractivity contribution is 5.94. The number of hydrogen-bond acceptors (Lipinski definition) is 2. The average molecular weight is 276 g/mol. The molecular formula is C19H16O2. The van der Waals surface area contributed by atoms with Gasteiger partial charge in [0, 0.05) is 5.56 Å². The molecule has 0 atom stereocenters. The molecule has 0 heterocycles. The zero-order valence-electron chi connectivity index (χ0n) is 11.9. The Hall–Kier alpha value is -2.61. The van der Waals surface area contributed by atoms with Gasteiger partial charge in [0.15, 0.2) is 5.78 Å². The Bertz CT molecular complexity index is 785. The van der Waals surface area contributed by atoms with Crippen molar-refractivity contribution in [2.45, 2.75) is 13.5 Å². The first kappa shape index (κ1) is 13.4. The van der Waals surface area contributed by atoms with Crippen molar-refractivity contribution in [3.63, 3.8) is 0 Å². The van der Waals surface area contributed by atoms with E-state index in [0.717, 1.165) is 11.3 Å². The van der Waals surface area contributed by atoms with Crippen LogP contribution >= 0.6 is 0 Å². The smallest absolute Gasteiger partial charge is 0.159 e. The van der Waals surface area contributed by atoms with Gasteiger partial charge in [0.2, 0.25) is 0 Å². The summed E-state index contributed by atoms with van der Waals surface area (Å²) in [5.41, 5.74) is 1.81. The number of carbonyl (C=O) groups excluding carboxylic acids is 1. The van der Waals surface area contributed by atoms with Gasteiger partial charge in [0.25, 0.3) is 0 Å². The maximum absolute atomic E-state index is 11.4. The van der Waals surface area contributed by atoms with Gasteiger partial charge in [-0.2, -0.15) is 0 Å². The number of Topliss-reactive ketones (excluding diaryl/α,β-unsaturated/α-hetero) is 1. The fourth-order valence-corrected chi connectivity index (χ4v) is 2.38. The Balaban J connectivity index is 1.84. The van der Waals surface area contributed by atoms with E-state index < -0.39 is 0 Å². The molecule has 3 aromatic carbocycles. The summed E-state index contributed by atoms with van der Waals surface area (Å²) in [5, 5.41) is 2.40. The highest BCUT2D eigenvalue weighted by atomic mass is 16.5. The number of rotatable bonds is 4. The van der Waals surface area contributed by atoms with Crippen LogP contribution in [0.4, 0.5) is 0 Å². The fourth-order valence-electron chi connectivity index (χ4n) is 2.38. The second-order valence-corrected chi connectivity index (χ2v) is 5.01. The third-order valence-electron chi connectivity index (χ3n) is 3.51. The first-order valence-corrected chi connectivity index (χ1v) is 6.94. The van der Waals surface area contributed by atoms with Gasteiger partial charge in [-0.15, -0.1) is 0 Å². The Morgan fingerprint density at radius 2 is 1.71 bits per heavy atom. The summed E-state index contributed by atoms with van der Waals surface area (Å²) in [6.07, 6.45) is 0. The van der Waals surface area contributed by atoms with Crippen molar-refractivity contribution in [3.05, 3.63) is 77.9 Å². The Kier molecular flexibility index (Phi) is 3.69. The van der Waals surface area contributed by atoms with Crippen molar-refractivity contribution in [1.29, 1.82) is 0 Å².